The predicted octanol–water partition coefficient (Wildman–Crippen LogP) is 0.995. The molecule has 0 saturated heterocycles. The number of nitrogens with one attached hydrogen (secondary N) is 2. The number of aromatic nitrogens is 1. The van der Waals surface area contributed by atoms with Gasteiger partial charge >= 0.3 is 0 Å². The molecule has 1 saturated carbocycles. The van der Waals surface area contributed by atoms with E-state index in [0.717, 1.165) is 18.2 Å². The molecule has 2 aromatic rings. The zero-order valence-corrected chi connectivity index (χ0v) is 11.1. The van der Waals surface area contributed by atoms with Crippen LogP contribution in [0.1, 0.15) is 23.3 Å². The van der Waals surface area contributed by atoms with Gasteiger partial charge in [0.15, 0.2) is 0 Å². The van der Waals surface area contributed by atoms with Gasteiger partial charge in [0.1, 0.15) is 5.69 Å². The number of benzene rings is 1. The van der Waals surface area contributed by atoms with Crippen molar-refractivity contribution < 1.29 is 4.79 Å². The van der Waals surface area contributed by atoms with E-state index in [1.54, 1.807) is 18.2 Å². The first-order valence-corrected chi connectivity index (χ1v) is 6.82. The molecular weight excluding hydrogens is 254 g/mol. The highest BCUT2D eigenvalue weighted by Crippen LogP contribution is 2.32. The molecule has 0 bridgehead atoms. The molecule has 1 atom stereocenters. The van der Waals surface area contributed by atoms with Gasteiger partial charge in [0.25, 0.3) is 11.5 Å². The molecule has 4 N–H and O–H groups in total. The molecule has 5 heteroatoms. The Morgan fingerprint density at radius 1 is 1.40 bits per heavy atom. The van der Waals surface area contributed by atoms with Crippen LogP contribution in [0.25, 0.3) is 10.8 Å². The fraction of sp³-hybridized carbons (Fsp3) is 0.333. The van der Waals surface area contributed by atoms with Gasteiger partial charge in [-0.2, -0.15) is 0 Å². The zero-order chi connectivity index (χ0) is 14.1. The smallest absolute Gasteiger partial charge is 0.268 e. The number of carbonyl (C=O) groups excluding carboxylic acids is 1. The lowest BCUT2D eigenvalue weighted by Crippen LogP contribution is -2.42. The molecule has 1 amide bonds. The summed E-state index contributed by atoms with van der Waals surface area (Å²) in [7, 11) is 0. The van der Waals surface area contributed by atoms with Gasteiger partial charge in [-0.15, -0.1) is 0 Å². The Balaban J connectivity index is 1.89. The van der Waals surface area contributed by atoms with E-state index in [1.165, 1.54) is 0 Å². The molecule has 1 aromatic heterocycles. The van der Waals surface area contributed by atoms with Crippen LogP contribution in [0.4, 0.5) is 0 Å². The lowest BCUT2D eigenvalue weighted by molar-refractivity contribution is 0.0928. The summed E-state index contributed by atoms with van der Waals surface area (Å²) < 4.78 is 0. The number of hydrogen-bond donors (Lipinski definition) is 3. The van der Waals surface area contributed by atoms with Crippen molar-refractivity contribution in [1.82, 2.24) is 10.3 Å². The van der Waals surface area contributed by atoms with Crippen molar-refractivity contribution in [3.63, 3.8) is 0 Å². The van der Waals surface area contributed by atoms with Crippen LogP contribution in [-0.2, 0) is 0 Å². The summed E-state index contributed by atoms with van der Waals surface area (Å²) in [5.41, 5.74) is 5.71. The van der Waals surface area contributed by atoms with Gasteiger partial charge in [0.2, 0.25) is 0 Å². The van der Waals surface area contributed by atoms with Crippen molar-refractivity contribution in [1.29, 1.82) is 0 Å². The molecule has 1 aromatic carbocycles. The van der Waals surface area contributed by atoms with E-state index in [-0.39, 0.29) is 23.2 Å². The maximum Gasteiger partial charge on any atom is 0.268 e. The standard InChI is InChI=1S/C15H17N3O2/c16-8-13(9-5-6-9)18-15(20)12-7-10-3-1-2-4-11(10)14(19)17-12/h1-4,7,9,13H,5-6,8,16H2,(H,17,19)(H,18,20). The first kappa shape index (κ1) is 12.9. The molecular formula is C15H17N3O2. The summed E-state index contributed by atoms with van der Waals surface area (Å²) in [6, 6.07) is 8.90. The second-order valence-corrected chi connectivity index (χ2v) is 5.25. The second kappa shape index (κ2) is 5.09. The number of carbonyl (C=O) groups is 1. The van der Waals surface area contributed by atoms with Crippen LogP contribution in [-0.4, -0.2) is 23.5 Å². The van der Waals surface area contributed by atoms with Gasteiger partial charge in [-0.25, -0.2) is 0 Å². The average molecular weight is 271 g/mol. The minimum atomic E-state index is -0.268. The molecule has 20 heavy (non-hydrogen) atoms. The quantitative estimate of drug-likeness (QED) is 0.775. The minimum Gasteiger partial charge on any atom is -0.346 e. The largest absolute Gasteiger partial charge is 0.346 e. The SMILES string of the molecule is NCC(NC(=O)c1cc2ccccc2c(=O)[nH]1)C1CC1. The molecule has 0 radical (unpaired) electrons. The van der Waals surface area contributed by atoms with E-state index < -0.39 is 0 Å². The van der Waals surface area contributed by atoms with Crippen LogP contribution in [0.15, 0.2) is 35.1 Å². The Bertz CT molecular complexity index is 704. The lowest BCUT2D eigenvalue weighted by atomic mass is 10.1. The van der Waals surface area contributed by atoms with E-state index >= 15 is 0 Å². The topological polar surface area (TPSA) is 88.0 Å². The van der Waals surface area contributed by atoms with E-state index in [1.807, 2.05) is 12.1 Å². The first-order chi connectivity index (χ1) is 9.69. The number of aromatic amines is 1. The van der Waals surface area contributed by atoms with Crippen LogP contribution in [0, 0.1) is 5.92 Å². The molecule has 1 heterocycles. The summed E-state index contributed by atoms with van der Waals surface area (Å²) in [5.74, 6) is 0.214. The number of nitrogens with two attached hydrogens (primary N) is 1. The molecule has 3 rings (SSSR count). The van der Waals surface area contributed by atoms with Crippen molar-refractivity contribution >= 4 is 16.7 Å². The third-order valence-corrected chi connectivity index (χ3v) is 3.76. The molecule has 1 aliphatic rings. The Morgan fingerprint density at radius 2 is 2.15 bits per heavy atom. The molecule has 1 unspecified atom stereocenters. The summed E-state index contributed by atoms with van der Waals surface area (Å²) in [5, 5.41) is 4.25. The van der Waals surface area contributed by atoms with Crippen molar-refractivity contribution in [2.75, 3.05) is 6.54 Å². The third-order valence-electron chi connectivity index (χ3n) is 3.76. The Kier molecular flexibility index (Phi) is 3.28. The van der Waals surface area contributed by atoms with E-state index in [0.29, 0.717) is 17.8 Å². The maximum absolute atomic E-state index is 12.2. The summed E-state index contributed by atoms with van der Waals surface area (Å²) in [4.78, 5) is 26.8. The summed E-state index contributed by atoms with van der Waals surface area (Å²) in [6.45, 7) is 0.425. The van der Waals surface area contributed by atoms with Crippen molar-refractivity contribution in [2.24, 2.45) is 11.7 Å². The van der Waals surface area contributed by atoms with Gasteiger partial charge in [0, 0.05) is 18.0 Å². The fourth-order valence-corrected chi connectivity index (χ4v) is 2.45. The zero-order valence-electron chi connectivity index (χ0n) is 11.1. The Hall–Kier alpha value is -2.14. The fourth-order valence-electron chi connectivity index (χ4n) is 2.45. The molecule has 5 nitrogen and oxygen atoms in total. The highest BCUT2D eigenvalue weighted by atomic mass is 16.2. The third kappa shape index (κ3) is 2.44. The highest BCUT2D eigenvalue weighted by molar-refractivity contribution is 5.96. The number of fused-ring (bicyclic) bond motifs is 1. The Morgan fingerprint density at radius 3 is 2.85 bits per heavy atom. The van der Waals surface area contributed by atoms with E-state index in [9.17, 15) is 9.59 Å². The Labute approximate surface area is 116 Å². The van der Waals surface area contributed by atoms with Gasteiger partial charge in [0.05, 0.1) is 0 Å². The van der Waals surface area contributed by atoms with Crippen molar-refractivity contribution in [3.8, 4) is 0 Å². The van der Waals surface area contributed by atoms with Crippen LogP contribution in [0.5, 0.6) is 0 Å². The van der Waals surface area contributed by atoms with Crippen LogP contribution >= 0.6 is 0 Å². The van der Waals surface area contributed by atoms with Crippen LogP contribution in [0.3, 0.4) is 0 Å². The molecule has 104 valence electrons. The molecule has 0 spiro atoms. The van der Waals surface area contributed by atoms with Gasteiger partial charge < -0.3 is 16.0 Å². The predicted molar refractivity (Wildman–Crippen MR) is 77.6 cm³/mol. The number of pyridine rings is 1. The monoisotopic (exact) mass is 271 g/mol. The van der Waals surface area contributed by atoms with Crippen molar-refractivity contribution in [3.05, 3.63) is 46.4 Å². The number of amides is 1. The van der Waals surface area contributed by atoms with E-state index in [4.69, 9.17) is 5.73 Å². The summed E-state index contributed by atoms with van der Waals surface area (Å²) >= 11 is 0. The van der Waals surface area contributed by atoms with Gasteiger partial charge in [-0.3, -0.25) is 9.59 Å². The lowest BCUT2D eigenvalue weighted by Gasteiger charge is -2.15. The molecule has 0 aliphatic heterocycles. The number of H-pyrrole nitrogens is 1. The van der Waals surface area contributed by atoms with Crippen LogP contribution < -0.4 is 16.6 Å². The maximum atomic E-state index is 12.2. The number of rotatable bonds is 4. The van der Waals surface area contributed by atoms with Crippen LogP contribution in [0.2, 0.25) is 0 Å². The highest BCUT2D eigenvalue weighted by Gasteiger charge is 2.31. The minimum absolute atomic E-state index is 0.00234. The molecule has 1 fully saturated rings. The average Bonchev–Trinajstić information content (AvgIpc) is 3.29. The van der Waals surface area contributed by atoms with E-state index in [2.05, 4.69) is 10.3 Å². The second-order valence-electron chi connectivity index (χ2n) is 5.25. The normalized spacial score (nSPS) is 16.1. The first-order valence-electron chi connectivity index (χ1n) is 6.82. The molecule has 1 aliphatic carbocycles. The van der Waals surface area contributed by atoms with Crippen molar-refractivity contribution in [2.45, 2.75) is 18.9 Å². The summed E-state index contributed by atoms with van der Waals surface area (Å²) in [6.07, 6.45) is 2.22. The van der Waals surface area contributed by atoms with Gasteiger partial charge in [-0.05, 0) is 36.3 Å². The van der Waals surface area contributed by atoms with Gasteiger partial charge in [-0.1, -0.05) is 18.2 Å². The number of hydrogen-bond acceptors (Lipinski definition) is 3.